The molecule has 1 heteroatoms. The van der Waals surface area contributed by atoms with Crippen molar-refractivity contribution in [2.24, 2.45) is 0 Å². The third kappa shape index (κ3) is 5.36. The van der Waals surface area contributed by atoms with Gasteiger partial charge < -0.3 is 0 Å². The fourth-order valence-corrected chi connectivity index (χ4v) is 1.68. The Balaban J connectivity index is 2.22. The van der Waals surface area contributed by atoms with Gasteiger partial charge in [-0.3, -0.25) is 4.79 Å². The fraction of sp³-hybridized carbons (Fsp3) is 0.500. The Bertz CT molecular complexity index is 282. The summed E-state index contributed by atoms with van der Waals surface area (Å²) in [5.41, 5.74) is 1.34. The van der Waals surface area contributed by atoms with Crippen LogP contribution in [-0.2, 0) is 4.79 Å². The van der Waals surface area contributed by atoms with Gasteiger partial charge in [-0.25, -0.2) is 0 Å². The maximum absolute atomic E-state index is 11.3. The molecule has 0 N–H and O–H groups in total. The Morgan fingerprint density at radius 1 is 1.33 bits per heavy atom. The van der Waals surface area contributed by atoms with Crippen LogP contribution in [-0.4, -0.2) is 5.78 Å². The second kappa shape index (κ2) is 7.22. The molecule has 0 heterocycles. The Kier molecular flexibility index (Phi) is 5.76. The maximum atomic E-state index is 11.3. The minimum atomic E-state index is 0.409. The molecule has 0 radical (unpaired) electrons. The lowest BCUT2D eigenvalue weighted by atomic mass is 10.0. The van der Waals surface area contributed by atoms with Gasteiger partial charge in [-0.2, -0.15) is 0 Å². The van der Waals surface area contributed by atoms with E-state index in [4.69, 9.17) is 0 Å². The second-order valence-electron chi connectivity index (χ2n) is 3.95. The lowest BCUT2D eigenvalue weighted by molar-refractivity contribution is -0.119. The van der Waals surface area contributed by atoms with Crippen LogP contribution >= 0.6 is 0 Å². The van der Waals surface area contributed by atoms with Crippen LogP contribution in [0.5, 0.6) is 0 Å². The maximum Gasteiger partial charge on any atom is 0.132 e. The molecular formula is C14H20O. The van der Waals surface area contributed by atoms with Crippen LogP contribution in [0.3, 0.4) is 0 Å². The van der Waals surface area contributed by atoms with Gasteiger partial charge in [0.15, 0.2) is 0 Å². The second-order valence-corrected chi connectivity index (χ2v) is 3.95. The van der Waals surface area contributed by atoms with Crippen LogP contribution in [0.2, 0.25) is 0 Å². The van der Waals surface area contributed by atoms with Crippen molar-refractivity contribution in [2.75, 3.05) is 0 Å². The van der Waals surface area contributed by atoms with E-state index in [-0.39, 0.29) is 0 Å². The highest BCUT2D eigenvalue weighted by Gasteiger charge is 2.01. The summed E-state index contributed by atoms with van der Waals surface area (Å²) in [6.45, 7) is 2.05. The van der Waals surface area contributed by atoms with E-state index in [0.717, 1.165) is 38.5 Å². The summed E-state index contributed by atoms with van der Waals surface area (Å²) in [5, 5.41) is 0. The first-order chi connectivity index (χ1) is 7.33. The molecule has 1 nitrogen and oxygen atoms in total. The topological polar surface area (TPSA) is 17.1 Å². The molecule has 0 aromatic carbocycles. The molecule has 0 aromatic rings. The minimum absolute atomic E-state index is 0.409. The first-order valence-electron chi connectivity index (χ1n) is 5.87. The average Bonchev–Trinajstić information content (AvgIpc) is 2.47. The molecule has 0 fully saturated rings. The van der Waals surface area contributed by atoms with E-state index in [1.165, 1.54) is 5.57 Å². The van der Waals surface area contributed by atoms with E-state index in [2.05, 4.69) is 37.3 Å². The molecule has 0 aliphatic heterocycles. The molecule has 0 aromatic heterocycles. The number of carbonyl (C=O) groups excluding carboxylic acids is 1. The molecule has 1 aliphatic carbocycles. The van der Waals surface area contributed by atoms with Crippen LogP contribution in [0.1, 0.15) is 45.4 Å². The summed E-state index contributed by atoms with van der Waals surface area (Å²) in [5.74, 6) is 0.409. The highest BCUT2D eigenvalue weighted by Crippen LogP contribution is 2.13. The van der Waals surface area contributed by atoms with Gasteiger partial charge in [-0.1, -0.05) is 37.3 Å². The molecule has 0 atom stereocenters. The van der Waals surface area contributed by atoms with Crippen molar-refractivity contribution in [3.8, 4) is 0 Å². The number of Topliss-reactive ketones (excluding diaryl/α,β-unsaturated/α-hetero) is 1. The van der Waals surface area contributed by atoms with Crippen molar-refractivity contribution in [2.45, 2.75) is 45.4 Å². The van der Waals surface area contributed by atoms with Gasteiger partial charge in [0.25, 0.3) is 0 Å². The Morgan fingerprint density at radius 3 is 3.00 bits per heavy atom. The Labute approximate surface area is 92.6 Å². The normalized spacial score (nSPS) is 14.9. The van der Waals surface area contributed by atoms with Gasteiger partial charge in [0.1, 0.15) is 5.78 Å². The summed E-state index contributed by atoms with van der Waals surface area (Å²) < 4.78 is 0. The fourth-order valence-electron chi connectivity index (χ4n) is 1.68. The molecule has 0 unspecified atom stereocenters. The molecule has 0 saturated heterocycles. The van der Waals surface area contributed by atoms with Crippen molar-refractivity contribution in [1.29, 1.82) is 0 Å². The van der Waals surface area contributed by atoms with E-state index in [0.29, 0.717) is 5.78 Å². The Morgan fingerprint density at radius 2 is 2.20 bits per heavy atom. The van der Waals surface area contributed by atoms with Crippen molar-refractivity contribution in [3.05, 3.63) is 36.0 Å². The van der Waals surface area contributed by atoms with Crippen LogP contribution in [0.15, 0.2) is 36.0 Å². The van der Waals surface area contributed by atoms with E-state index in [1.54, 1.807) is 0 Å². The molecule has 1 aliphatic rings. The number of carbonyl (C=O) groups is 1. The molecule has 15 heavy (non-hydrogen) atoms. The van der Waals surface area contributed by atoms with Crippen LogP contribution < -0.4 is 0 Å². The molecule has 0 saturated carbocycles. The molecule has 1 rings (SSSR count). The first-order valence-corrected chi connectivity index (χ1v) is 5.87. The quantitative estimate of drug-likeness (QED) is 0.640. The summed E-state index contributed by atoms with van der Waals surface area (Å²) in [4.78, 5) is 11.3. The predicted molar refractivity (Wildman–Crippen MR) is 64.7 cm³/mol. The van der Waals surface area contributed by atoms with Crippen LogP contribution in [0.25, 0.3) is 0 Å². The highest BCUT2D eigenvalue weighted by molar-refractivity contribution is 5.78. The smallest absolute Gasteiger partial charge is 0.132 e. The third-order valence-corrected chi connectivity index (χ3v) is 2.50. The summed E-state index contributed by atoms with van der Waals surface area (Å²) in [6, 6.07) is 0. The average molecular weight is 204 g/mol. The van der Waals surface area contributed by atoms with Crippen LogP contribution in [0, 0.1) is 0 Å². The SMILES string of the molecule is CCCC(=O)CCCC1=CC=CCC=C1. The van der Waals surface area contributed by atoms with E-state index < -0.39 is 0 Å². The lowest BCUT2D eigenvalue weighted by Gasteiger charge is -2.00. The monoisotopic (exact) mass is 204 g/mol. The van der Waals surface area contributed by atoms with Crippen molar-refractivity contribution in [1.82, 2.24) is 0 Å². The van der Waals surface area contributed by atoms with Crippen molar-refractivity contribution < 1.29 is 4.79 Å². The van der Waals surface area contributed by atoms with Crippen LogP contribution in [0.4, 0.5) is 0 Å². The zero-order chi connectivity index (χ0) is 10.9. The molecule has 82 valence electrons. The molecule has 0 amide bonds. The number of allylic oxidation sites excluding steroid dienone is 6. The number of rotatable bonds is 6. The molecular weight excluding hydrogens is 184 g/mol. The van der Waals surface area contributed by atoms with E-state index in [1.807, 2.05) is 0 Å². The van der Waals surface area contributed by atoms with Gasteiger partial charge >= 0.3 is 0 Å². The van der Waals surface area contributed by atoms with E-state index >= 15 is 0 Å². The van der Waals surface area contributed by atoms with Crippen molar-refractivity contribution >= 4 is 5.78 Å². The standard InChI is InChI=1S/C14H20O/c1-2-8-14(15)12-7-11-13-9-5-3-4-6-10-13/h3,5-6,9-10H,2,4,7-8,11-12H2,1H3. The highest BCUT2D eigenvalue weighted by atomic mass is 16.1. The van der Waals surface area contributed by atoms with Gasteiger partial charge in [-0.05, 0) is 31.3 Å². The van der Waals surface area contributed by atoms with Gasteiger partial charge in [0.05, 0.1) is 0 Å². The molecule has 0 spiro atoms. The number of hydrogen-bond acceptors (Lipinski definition) is 1. The number of ketones is 1. The number of hydrogen-bond donors (Lipinski definition) is 0. The third-order valence-electron chi connectivity index (χ3n) is 2.50. The lowest BCUT2D eigenvalue weighted by Crippen LogP contribution is -1.96. The summed E-state index contributed by atoms with van der Waals surface area (Å²) in [7, 11) is 0. The zero-order valence-electron chi connectivity index (χ0n) is 9.54. The summed E-state index contributed by atoms with van der Waals surface area (Å²) in [6.07, 6.45) is 16.2. The van der Waals surface area contributed by atoms with Gasteiger partial charge in [0, 0.05) is 12.8 Å². The van der Waals surface area contributed by atoms with Gasteiger partial charge in [0.2, 0.25) is 0 Å². The minimum Gasteiger partial charge on any atom is -0.300 e. The van der Waals surface area contributed by atoms with Gasteiger partial charge in [-0.15, -0.1) is 0 Å². The summed E-state index contributed by atoms with van der Waals surface area (Å²) >= 11 is 0. The first kappa shape index (κ1) is 12.0. The van der Waals surface area contributed by atoms with Crippen molar-refractivity contribution in [3.63, 3.8) is 0 Å². The zero-order valence-corrected chi connectivity index (χ0v) is 9.54. The largest absolute Gasteiger partial charge is 0.300 e. The molecule has 0 bridgehead atoms. The Hall–Kier alpha value is -1.11. The predicted octanol–water partition coefficient (Wildman–Crippen LogP) is 3.97. The van der Waals surface area contributed by atoms with E-state index in [9.17, 15) is 4.79 Å².